The predicted molar refractivity (Wildman–Crippen MR) is 130 cm³/mol. The Hall–Kier alpha value is -0.209. The molecule has 2 fully saturated rings. The summed E-state index contributed by atoms with van der Waals surface area (Å²) >= 11 is 0. The monoisotopic (exact) mass is 434 g/mol. The highest BCUT2D eigenvalue weighted by molar-refractivity contribution is 6.92. The number of hydrogen-bond donors (Lipinski definition) is 0. The van der Waals surface area contributed by atoms with Crippen LogP contribution >= 0.6 is 0 Å². The molecule has 0 N–H and O–H groups in total. The van der Waals surface area contributed by atoms with E-state index < -0.39 is 24.5 Å². The molecule has 2 nitrogen and oxygen atoms in total. The first-order valence-electron chi connectivity index (χ1n) is 11.3. The second kappa shape index (κ2) is 8.50. The van der Waals surface area contributed by atoms with Crippen LogP contribution in [0.15, 0.2) is 24.3 Å². The van der Waals surface area contributed by atoms with Gasteiger partial charge in [-0.05, 0) is 44.3 Å². The van der Waals surface area contributed by atoms with Gasteiger partial charge in [-0.15, -0.1) is 0 Å². The summed E-state index contributed by atoms with van der Waals surface area (Å²) in [5.74, 6) is 0.912. The van der Waals surface area contributed by atoms with Crippen LogP contribution in [0.4, 0.5) is 0 Å². The van der Waals surface area contributed by atoms with Crippen molar-refractivity contribution in [2.24, 2.45) is 5.92 Å². The number of hydrogen-bond acceptors (Lipinski definition) is 2. The molecular formula is C23H42O2Si3. The molecular weight excluding hydrogens is 393 g/mol. The molecule has 28 heavy (non-hydrogen) atoms. The summed E-state index contributed by atoms with van der Waals surface area (Å²) in [5, 5.41) is 3.26. The average molecular weight is 435 g/mol. The van der Waals surface area contributed by atoms with Crippen LogP contribution in [0.3, 0.4) is 0 Å². The first kappa shape index (κ1) is 22.5. The van der Waals surface area contributed by atoms with E-state index in [1.165, 1.54) is 43.8 Å². The topological polar surface area (TPSA) is 21.8 Å². The smallest absolute Gasteiger partial charge is 0.185 e. The maximum Gasteiger partial charge on any atom is 0.185 e. The van der Waals surface area contributed by atoms with Crippen molar-refractivity contribution in [3.05, 3.63) is 24.3 Å². The van der Waals surface area contributed by atoms with Crippen molar-refractivity contribution in [2.45, 2.75) is 95.3 Å². The summed E-state index contributed by atoms with van der Waals surface area (Å²) in [6, 6.07) is 13.9. The lowest BCUT2D eigenvalue weighted by Crippen LogP contribution is -2.46. The Bertz CT molecular complexity index is 654. The Balaban J connectivity index is 1.57. The molecule has 3 unspecified atom stereocenters. The van der Waals surface area contributed by atoms with Gasteiger partial charge >= 0.3 is 0 Å². The van der Waals surface area contributed by atoms with Crippen LogP contribution in [0.5, 0.6) is 0 Å². The van der Waals surface area contributed by atoms with E-state index in [1.807, 2.05) is 7.11 Å². The van der Waals surface area contributed by atoms with Gasteiger partial charge in [0.1, 0.15) is 0 Å². The molecule has 3 rings (SSSR count). The maximum atomic E-state index is 5.78. The molecule has 3 atom stereocenters. The van der Waals surface area contributed by atoms with E-state index in [4.69, 9.17) is 9.16 Å². The fourth-order valence-electron chi connectivity index (χ4n) is 4.69. The van der Waals surface area contributed by atoms with Crippen LogP contribution in [0, 0.1) is 5.92 Å². The molecule has 0 aromatic heterocycles. The molecule has 0 radical (unpaired) electrons. The standard InChI is InChI=1S/C23H42O2Si3/c1-24-28(6,7)17-16-27(4,5)21-11-9-20(10-12-21)26(2,3)15-14-19-8-13-22-23(18-19)25-22/h9-12,19,22-23H,8,13-18H2,1-7H3. The molecule has 1 aliphatic heterocycles. The largest absolute Gasteiger partial charge is 0.420 e. The predicted octanol–water partition coefficient (Wildman–Crippen LogP) is 5.33. The molecule has 0 bridgehead atoms. The molecule has 1 heterocycles. The third-order valence-corrected chi connectivity index (χ3v) is 17.5. The van der Waals surface area contributed by atoms with Gasteiger partial charge < -0.3 is 9.16 Å². The SMILES string of the molecule is CO[Si](C)(C)CC[Si](C)(C)c1ccc([Si](C)(C)CCC2CCC3OC3C2)cc1. The fraction of sp³-hybridized carbons (Fsp3) is 0.739. The quantitative estimate of drug-likeness (QED) is 0.387. The molecule has 1 saturated heterocycles. The lowest BCUT2D eigenvalue weighted by atomic mass is 9.87. The maximum absolute atomic E-state index is 5.78. The number of ether oxygens (including phenoxy) is 1. The van der Waals surface area contributed by atoms with Crippen molar-refractivity contribution in [1.29, 1.82) is 0 Å². The van der Waals surface area contributed by atoms with Crippen LogP contribution in [0.1, 0.15) is 25.7 Å². The van der Waals surface area contributed by atoms with Crippen LogP contribution in [0.2, 0.25) is 57.4 Å². The number of epoxide rings is 1. The fourth-order valence-corrected chi connectivity index (χ4v) is 13.6. The summed E-state index contributed by atoms with van der Waals surface area (Å²) in [5.41, 5.74) is 0. The Kier molecular flexibility index (Phi) is 6.82. The van der Waals surface area contributed by atoms with Gasteiger partial charge in [0.05, 0.1) is 28.4 Å². The molecule has 1 aliphatic carbocycles. The van der Waals surface area contributed by atoms with Gasteiger partial charge in [0, 0.05) is 7.11 Å². The van der Waals surface area contributed by atoms with Gasteiger partial charge in [0.15, 0.2) is 8.32 Å². The van der Waals surface area contributed by atoms with Crippen LogP contribution < -0.4 is 10.4 Å². The third kappa shape index (κ3) is 5.69. The highest BCUT2D eigenvalue weighted by atomic mass is 28.4. The van der Waals surface area contributed by atoms with Crippen molar-refractivity contribution < 1.29 is 9.16 Å². The van der Waals surface area contributed by atoms with Crippen molar-refractivity contribution in [3.63, 3.8) is 0 Å². The van der Waals surface area contributed by atoms with Crippen LogP contribution in [-0.2, 0) is 9.16 Å². The lowest BCUT2D eigenvalue weighted by molar-refractivity contribution is 0.357. The summed E-state index contributed by atoms with van der Waals surface area (Å²) < 4.78 is 11.5. The minimum Gasteiger partial charge on any atom is -0.420 e. The third-order valence-electron chi connectivity index (χ3n) is 7.64. The van der Waals surface area contributed by atoms with Gasteiger partial charge in [-0.1, -0.05) is 79.3 Å². The number of benzene rings is 1. The van der Waals surface area contributed by atoms with E-state index in [-0.39, 0.29) is 0 Å². The first-order valence-corrected chi connectivity index (χ1v) is 20.9. The molecule has 2 aliphatic rings. The van der Waals surface area contributed by atoms with E-state index in [1.54, 1.807) is 10.4 Å². The zero-order valence-corrected chi connectivity index (χ0v) is 22.3. The van der Waals surface area contributed by atoms with Crippen molar-refractivity contribution in [1.82, 2.24) is 0 Å². The molecule has 1 saturated carbocycles. The summed E-state index contributed by atoms with van der Waals surface area (Å²) in [4.78, 5) is 0. The van der Waals surface area contributed by atoms with E-state index in [9.17, 15) is 0 Å². The lowest BCUT2D eigenvalue weighted by Gasteiger charge is -2.30. The van der Waals surface area contributed by atoms with E-state index >= 15 is 0 Å². The molecule has 0 spiro atoms. The first-order chi connectivity index (χ1) is 13.0. The summed E-state index contributed by atoms with van der Waals surface area (Å²) in [6.07, 6.45) is 6.71. The zero-order valence-electron chi connectivity index (χ0n) is 19.3. The highest BCUT2D eigenvalue weighted by Crippen LogP contribution is 2.41. The summed E-state index contributed by atoms with van der Waals surface area (Å²) in [6.45, 7) is 14.9. The minimum atomic E-state index is -1.46. The Morgan fingerprint density at radius 1 is 0.821 bits per heavy atom. The number of fused-ring (bicyclic) bond motifs is 1. The number of rotatable bonds is 9. The van der Waals surface area contributed by atoms with E-state index in [0.717, 1.165) is 5.92 Å². The normalized spacial score (nSPS) is 25.5. The molecule has 5 heteroatoms. The van der Waals surface area contributed by atoms with E-state index in [2.05, 4.69) is 63.5 Å². The van der Waals surface area contributed by atoms with Gasteiger partial charge in [-0.2, -0.15) is 0 Å². The van der Waals surface area contributed by atoms with Gasteiger partial charge in [0.2, 0.25) is 0 Å². The van der Waals surface area contributed by atoms with Crippen molar-refractivity contribution in [2.75, 3.05) is 7.11 Å². The highest BCUT2D eigenvalue weighted by Gasteiger charge is 2.43. The summed E-state index contributed by atoms with van der Waals surface area (Å²) in [7, 11) is -2.29. The van der Waals surface area contributed by atoms with Gasteiger partial charge in [-0.25, -0.2) is 0 Å². The zero-order chi connectivity index (χ0) is 20.6. The van der Waals surface area contributed by atoms with Gasteiger partial charge in [-0.3, -0.25) is 0 Å². The molecule has 1 aromatic carbocycles. The van der Waals surface area contributed by atoms with Crippen molar-refractivity contribution in [3.8, 4) is 0 Å². The molecule has 0 amide bonds. The Morgan fingerprint density at radius 3 is 1.93 bits per heavy atom. The second-order valence-electron chi connectivity index (χ2n) is 11.2. The van der Waals surface area contributed by atoms with Crippen molar-refractivity contribution >= 4 is 34.8 Å². The minimum absolute atomic E-state index is 0.626. The van der Waals surface area contributed by atoms with E-state index in [0.29, 0.717) is 12.2 Å². The van der Waals surface area contributed by atoms with Crippen LogP contribution in [-0.4, -0.2) is 43.8 Å². The average Bonchev–Trinajstić information content (AvgIpc) is 3.44. The Labute approximate surface area is 176 Å². The van der Waals surface area contributed by atoms with Gasteiger partial charge in [0.25, 0.3) is 0 Å². The molecule has 1 aromatic rings. The Morgan fingerprint density at radius 2 is 1.39 bits per heavy atom. The van der Waals surface area contributed by atoms with Crippen LogP contribution in [0.25, 0.3) is 0 Å². The molecule has 158 valence electrons. The second-order valence-corrected chi connectivity index (χ2v) is 25.4.